The molecule has 2 rings (SSSR count). The molecule has 7 heteroatoms. The van der Waals surface area contributed by atoms with Crippen LogP contribution in [-0.4, -0.2) is 35.6 Å². The summed E-state index contributed by atoms with van der Waals surface area (Å²) < 4.78 is 22.4. The number of esters is 1. The lowest BCUT2D eigenvalue weighted by Crippen LogP contribution is -2.31. The van der Waals surface area contributed by atoms with Crippen molar-refractivity contribution in [3.05, 3.63) is 59.7 Å². The van der Waals surface area contributed by atoms with E-state index in [0.717, 1.165) is 5.56 Å². The monoisotopic (exact) mass is 389 g/mol. The quantitative estimate of drug-likeness (QED) is 0.702. The van der Waals surface area contributed by atoms with Crippen LogP contribution in [-0.2, 0) is 20.3 Å². The minimum atomic E-state index is -1.29. The molecular formula is C20H23NO5S. The highest BCUT2D eigenvalue weighted by Gasteiger charge is 2.18. The number of hydrogen-bond acceptors (Lipinski definition) is 5. The second kappa shape index (κ2) is 9.87. The SMILES string of the molecule is CCS(=O)c1ccccc1C(=O)OCC(=O)NC(C)c1ccccc1OC. The molecule has 0 aliphatic heterocycles. The Labute approximate surface area is 161 Å². The van der Waals surface area contributed by atoms with Gasteiger partial charge < -0.3 is 14.8 Å². The number of amides is 1. The van der Waals surface area contributed by atoms with Gasteiger partial charge in [0.2, 0.25) is 0 Å². The van der Waals surface area contributed by atoms with Gasteiger partial charge in [-0.3, -0.25) is 9.00 Å². The largest absolute Gasteiger partial charge is 0.496 e. The van der Waals surface area contributed by atoms with E-state index in [4.69, 9.17) is 9.47 Å². The molecule has 0 saturated carbocycles. The first-order valence-electron chi connectivity index (χ1n) is 8.54. The van der Waals surface area contributed by atoms with Gasteiger partial charge in [0, 0.05) is 11.3 Å². The zero-order valence-corrected chi connectivity index (χ0v) is 16.4. The van der Waals surface area contributed by atoms with Crippen LogP contribution in [0.15, 0.2) is 53.4 Å². The van der Waals surface area contributed by atoms with E-state index < -0.39 is 29.3 Å². The molecule has 2 atom stereocenters. The summed E-state index contributed by atoms with van der Waals surface area (Å²) in [4.78, 5) is 24.8. The molecule has 2 aromatic rings. The van der Waals surface area contributed by atoms with Gasteiger partial charge in [-0.2, -0.15) is 0 Å². The van der Waals surface area contributed by atoms with Crippen LogP contribution >= 0.6 is 0 Å². The van der Waals surface area contributed by atoms with Gasteiger partial charge in [-0.25, -0.2) is 4.79 Å². The summed E-state index contributed by atoms with van der Waals surface area (Å²) in [7, 11) is 0.272. The molecule has 0 aliphatic rings. The molecule has 2 aromatic carbocycles. The van der Waals surface area contributed by atoms with Crippen LogP contribution in [0.3, 0.4) is 0 Å². The molecular weight excluding hydrogens is 366 g/mol. The first kappa shape index (κ1) is 20.6. The summed E-state index contributed by atoms with van der Waals surface area (Å²) in [6, 6.07) is 13.6. The summed E-state index contributed by atoms with van der Waals surface area (Å²) in [5.74, 6) is -0.0529. The molecule has 2 unspecified atom stereocenters. The van der Waals surface area contributed by atoms with Gasteiger partial charge in [-0.15, -0.1) is 0 Å². The number of carbonyl (C=O) groups excluding carboxylic acids is 2. The van der Waals surface area contributed by atoms with Crippen LogP contribution in [0, 0.1) is 0 Å². The lowest BCUT2D eigenvalue weighted by atomic mass is 10.1. The second-order valence-corrected chi connectivity index (χ2v) is 7.45. The fourth-order valence-corrected chi connectivity index (χ4v) is 3.52. The highest BCUT2D eigenvalue weighted by atomic mass is 32.2. The minimum Gasteiger partial charge on any atom is -0.496 e. The highest BCUT2D eigenvalue weighted by molar-refractivity contribution is 7.85. The number of hydrogen-bond donors (Lipinski definition) is 1. The Morgan fingerprint density at radius 2 is 1.78 bits per heavy atom. The molecule has 1 amide bonds. The third-order valence-electron chi connectivity index (χ3n) is 3.93. The van der Waals surface area contributed by atoms with Gasteiger partial charge in [0.05, 0.1) is 34.4 Å². The van der Waals surface area contributed by atoms with Crippen molar-refractivity contribution < 1.29 is 23.3 Å². The summed E-state index contributed by atoms with van der Waals surface area (Å²) in [5.41, 5.74) is 1.03. The van der Waals surface area contributed by atoms with E-state index in [0.29, 0.717) is 16.4 Å². The van der Waals surface area contributed by atoms with E-state index in [1.807, 2.05) is 31.2 Å². The van der Waals surface area contributed by atoms with Crippen molar-refractivity contribution in [1.82, 2.24) is 5.32 Å². The van der Waals surface area contributed by atoms with Gasteiger partial charge >= 0.3 is 5.97 Å². The van der Waals surface area contributed by atoms with Gasteiger partial charge in [-0.1, -0.05) is 37.3 Å². The molecule has 0 heterocycles. The normalized spacial score (nSPS) is 12.7. The number of carbonyl (C=O) groups is 2. The van der Waals surface area contributed by atoms with Crippen molar-refractivity contribution in [2.45, 2.75) is 24.8 Å². The van der Waals surface area contributed by atoms with Crippen LogP contribution in [0.2, 0.25) is 0 Å². The van der Waals surface area contributed by atoms with Crippen molar-refractivity contribution in [2.24, 2.45) is 0 Å². The number of methoxy groups -OCH3 is 1. The van der Waals surface area contributed by atoms with E-state index in [2.05, 4.69) is 5.32 Å². The Morgan fingerprint density at radius 3 is 2.48 bits per heavy atom. The van der Waals surface area contributed by atoms with E-state index in [1.165, 1.54) is 0 Å². The van der Waals surface area contributed by atoms with E-state index in [-0.39, 0.29) is 11.6 Å². The first-order chi connectivity index (χ1) is 13.0. The van der Waals surface area contributed by atoms with E-state index in [9.17, 15) is 13.8 Å². The zero-order valence-electron chi connectivity index (χ0n) is 15.6. The predicted octanol–water partition coefficient (Wildman–Crippen LogP) is 2.86. The van der Waals surface area contributed by atoms with Crippen molar-refractivity contribution >= 4 is 22.7 Å². The van der Waals surface area contributed by atoms with Gasteiger partial charge in [-0.05, 0) is 25.1 Å². The molecule has 0 aromatic heterocycles. The summed E-state index contributed by atoms with van der Waals surface area (Å²) in [5, 5.41) is 2.77. The third-order valence-corrected chi connectivity index (χ3v) is 5.30. The van der Waals surface area contributed by atoms with E-state index in [1.54, 1.807) is 38.3 Å². The Kier molecular flexibility index (Phi) is 7.55. The summed E-state index contributed by atoms with van der Waals surface area (Å²) >= 11 is 0. The number of ether oxygens (including phenoxy) is 2. The maximum Gasteiger partial charge on any atom is 0.339 e. The van der Waals surface area contributed by atoms with Crippen LogP contribution in [0.5, 0.6) is 5.75 Å². The predicted molar refractivity (Wildman–Crippen MR) is 103 cm³/mol. The average Bonchev–Trinajstić information content (AvgIpc) is 2.71. The molecule has 144 valence electrons. The van der Waals surface area contributed by atoms with Gasteiger partial charge in [0.15, 0.2) is 6.61 Å². The molecule has 1 N–H and O–H groups in total. The Hall–Kier alpha value is -2.67. The molecule has 27 heavy (non-hydrogen) atoms. The minimum absolute atomic E-state index is 0.211. The molecule has 0 aliphatic carbocycles. The number of para-hydroxylation sites is 1. The number of benzene rings is 2. The van der Waals surface area contributed by atoms with Crippen LogP contribution < -0.4 is 10.1 Å². The lowest BCUT2D eigenvalue weighted by Gasteiger charge is -2.17. The van der Waals surface area contributed by atoms with Gasteiger partial charge in [0.25, 0.3) is 5.91 Å². The molecule has 0 bridgehead atoms. The fraction of sp³-hybridized carbons (Fsp3) is 0.300. The van der Waals surface area contributed by atoms with Crippen LogP contribution in [0.25, 0.3) is 0 Å². The fourth-order valence-electron chi connectivity index (χ4n) is 2.58. The van der Waals surface area contributed by atoms with E-state index >= 15 is 0 Å². The summed E-state index contributed by atoms with van der Waals surface area (Å²) in [6.45, 7) is 3.16. The lowest BCUT2D eigenvalue weighted by molar-refractivity contribution is -0.124. The molecule has 0 spiro atoms. The second-order valence-electron chi connectivity index (χ2n) is 5.74. The summed E-state index contributed by atoms with van der Waals surface area (Å²) in [6.07, 6.45) is 0. The Bertz CT molecular complexity index is 837. The Balaban J connectivity index is 1.98. The molecule has 0 saturated heterocycles. The first-order valence-corrected chi connectivity index (χ1v) is 9.86. The molecule has 6 nitrogen and oxygen atoms in total. The van der Waals surface area contributed by atoms with Crippen molar-refractivity contribution in [3.8, 4) is 5.75 Å². The molecule has 0 radical (unpaired) electrons. The topological polar surface area (TPSA) is 81.7 Å². The number of nitrogens with one attached hydrogen (secondary N) is 1. The maximum atomic E-state index is 12.3. The smallest absolute Gasteiger partial charge is 0.339 e. The molecule has 0 fully saturated rings. The van der Waals surface area contributed by atoms with Crippen molar-refractivity contribution in [1.29, 1.82) is 0 Å². The zero-order chi connectivity index (χ0) is 19.8. The maximum absolute atomic E-state index is 12.3. The Morgan fingerprint density at radius 1 is 1.11 bits per heavy atom. The standard InChI is InChI=1S/C20H23NO5S/c1-4-27(24)18-12-8-6-10-16(18)20(23)26-13-19(22)21-14(2)15-9-5-7-11-17(15)25-3/h5-12,14H,4,13H2,1-3H3,(H,21,22). The number of rotatable bonds is 8. The van der Waals surface area contributed by atoms with Crippen molar-refractivity contribution in [2.75, 3.05) is 19.5 Å². The van der Waals surface area contributed by atoms with Crippen LogP contribution in [0.4, 0.5) is 0 Å². The average molecular weight is 389 g/mol. The van der Waals surface area contributed by atoms with Gasteiger partial charge in [0.1, 0.15) is 5.75 Å². The van der Waals surface area contributed by atoms with Crippen LogP contribution in [0.1, 0.15) is 35.8 Å². The highest BCUT2D eigenvalue weighted by Crippen LogP contribution is 2.24. The van der Waals surface area contributed by atoms with Crippen molar-refractivity contribution in [3.63, 3.8) is 0 Å². The third kappa shape index (κ3) is 5.40.